The maximum Gasteiger partial charge on any atom is 0.139 e. The number of nitrogens with zero attached hydrogens (tertiary/aromatic N) is 3. The van der Waals surface area contributed by atoms with Crippen LogP contribution in [0.1, 0.15) is 12.5 Å². The third kappa shape index (κ3) is 3.67. The Morgan fingerprint density at radius 3 is 2.68 bits per heavy atom. The molecule has 1 heterocycles. The molecule has 1 saturated heterocycles. The van der Waals surface area contributed by atoms with Gasteiger partial charge in [0.05, 0.1) is 17.6 Å². The van der Waals surface area contributed by atoms with Crippen molar-refractivity contribution >= 4 is 23.4 Å². The minimum Gasteiger partial charge on any atom is -0.386 e. The molecule has 0 spiro atoms. The fourth-order valence-corrected chi connectivity index (χ4v) is 2.66. The SMILES string of the molecule is C=CN=CC(=N)N1CCN(c2cc(CC)ccc2NC)CC1. The third-order valence-corrected chi connectivity index (χ3v) is 4.00. The molecule has 22 heavy (non-hydrogen) atoms. The Labute approximate surface area is 132 Å². The van der Waals surface area contributed by atoms with Crippen LogP contribution in [0.4, 0.5) is 11.4 Å². The number of hydrogen-bond acceptors (Lipinski definition) is 4. The van der Waals surface area contributed by atoms with Crippen molar-refractivity contribution in [2.24, 2.45) is 4.99 Å². The zero-order valence-corrected chi connectivity index (χ0v) is 13.5. The number of nitrogens with one attached hydrogen (secondary N) is 2. The first kappa shape index (κ1) is 16.1. The average Bonchev–Trinajstić information content (AvgIpc) is 2.59. The van der Waals surface area contributed by atoms with E-state index >= 15 is 0 Å². The molecule has 0 amide bonds. The van der Waals surface area contributed by atoms with Gasteiger partial charge in [0.25, 0.3) is 0 Å². The molecule has 0 atom stereocenters. The molecule has 2 N–H and O–H groups in total. The van der Waals surface area contributed by atoms with Gasteiger partial charge in [-0.05, 0) is 24.1 Å². The van der Waals surface area contributed by atoms with E-state index in [9.17, 15) is 0 Å². The van der Waals surface area contributed by atoms with Crippen LogP contribution in [0.3, 0.4) is 0 Å². The van der Waals surface area contributed by atoms with Crippen LogP contribution in [0.15, 0.2) is 36.0 Å². The van der Waals surface area contributed by atoms with Crippen molar-refractivity contribution in [3.8, 4) is 0 Å². The topological polar surface area (TPSA) is 54.7 Å². The highest BCUT2D eigenvalue weighted by Gasteiger charge is 2.20. The molecular formula is C17H25N5. The number of rotatable bonds is 5. The molecule has 1 aromatic carbocycles. The third-order valence-electron chi connectivity index (χ3n) is 4.00. The zero-order chi connectivity index (χ0) is 15.9. The summed E-state index contributed by atoms with van der Waals surface area (Å²) in [6.07, 6.45) is 4.05. The molecule has 5 heteroatoms. The van der Waals surface area contributed by atoms with Crippen LogP contribution in [-0.4, -0.2) is 50.2 Å². The molecule has 0 aromatic heterocycles. The maximum atomic E-state index is 8.00. The Hall–Kier alpha value is -2.30. The number of benzene rings is 1. The summed E-state index contributed by atoms with van der Waals surface area (Å²) in [5.41, 5.74) is 3.77. The summed E-state index contributed by atoms with van der Waals surface area (Å²) in [5.74, 6) is 0.454. The maximum absolute atomic E-state index is 8.00. The zero-order valence-electron chi connectivity index (χ0n) is 13.5. The lowest BCUT2D eigenvalue weighted by Crippen LogP contribution is -2.49. The van der Waals surface area contributed by atoms with E-state index in [0.717, 1.165) is 38.3 Å². The van der Waals surface area contributed by atoms with Gasteiger partial charge in [0, 0.05) is 39.4 Å². The van der Waals surface area contributed by atoms with Crippen molar-refractivity contribution in [3.63, 3.8) is 0 Å². The van der Waals surface area contributed by atoms with Gasteiger partial charge in [-0.1, -0.05) is 19.6 Å². The van der Waals surface area contributed by atoms with E-state index < -0.39 is 0 Å². The molecule has 0 aliphatic carbocycles. The second-order valence-corrected chi connectivity index (χ2v) is 5.28. The largest absolute Gasteiger partial charge is 0.386 e. The molecule has 118 valence electrons. The molecule has 1 aromatic rings. The van der Waals surface area contributed by atoms with Crippen LogP contribution in [0.25, 0.3) is 0 Å². The number of aryl methyl sites for hydroxylation is 1. The van der Waals surface area contributed by atoms with Gasteiger partial charge in [-0.2, -0.15) is 0 Å². The molecule has 1 aliphatic heterocycles. The van der Waals surface area contributed by atoms with Gasteiger partial charge in [0.15, 0.2) is 0 Å². The normalized spacial score (nSPS) is 15.2. The lowest BCUT2D eigenvalue weighted by atomic mass is 10.1. The lowest BCUT2D eigenvalue weighted by molar-refractivity contribution is 0.388. The van der Waals surface area contributed by atoms with Gasteiger partial charge in [0.2, 0.25) is 0 Å². The summed E-state index contributed by atoms with van der Waals surface area (Å²) in [5, 5.41) is 11.3. The fourth-order valence-electron chi connectivity index (χ4n) is 2.66. The van der Waals surface area contributed by atoms with E-state index in [1.165, 1.54) is 17.5 Å². The van der Waals surface area contributed by atoms with Crippen molar-refractivity contribution in [1.29, 1.82) is 5.41 Å². The number of aliphatic imine (C=N–C) groups is 1. The van der Waals surface area contributed by atoms with Crippen LogP contribution >= 0.6 is 0 Å². The van der Waals surface area contributed by atoms with Gasteiger partial charge in [0.1, 0.15) is 5.84 Å². The molecule has 1 aliphatic rings. The van der Waals surface area contributed by atoms with Crippen molar-refractivity contribution in [1.82, 2.24) is 4.90 Å². The van der Waals surface area contributed by atoms with E-state index in [1.807, 2.05) is 11.9 Å². The average molecular weight is 299 g/mol. The summed E-state index contributed by atoms with van der Waals surface area (Å²) in [6.45, 7) is 9.20. The molecule has 2 rings (SSSR count). The van der Waals surface area contributed by atoms with Gasteiger partial charge < -0.3 is 15.1 Å². The highest BCUT2D eigenvalue weighted by atomic mass is 15.3. The van der Waals surface area contributed by atoms with Gasteiger partial charge in [-0.25, -0.2) is 0 Å². The standard InChI is InChI=1S/C17H25N5/c1-4-14-6-7-15(19-3)16(12-14)21-8-10-22(11-9-21)17(18)13-20-5-2/h5-7,12-13,18-19H,2,4,8-11H2,1,3H3. The quantitative estimate of drug-likeness (QED) is 0.649. The molecular weight excluding hydrogens is 274 g/mol. The monoisotopic (exact) mass is 299 g/mol. The first-order valence-corrected chi connectivity index (χ1v) is 7.72. The van der Waals surface area contributed by atoms with Crippen molar-refractivity contribution in [2.75, 3.05) is 43.4 Å². The number of piperazine rings is 1. The smallest absolute Gasteiger partial charge is 0.139 e. The van der Waals surface area contributed by atoms with E-state index in [4.69, 9.17) is 5.41 Å². The van der Waals surface area contributed by atoms with Gasteiger partial charge in [-0.3, -0.25) is 10.4 Å². The first-order chi connectivity index (χ1) is 10.7. The summed E-state index contributed by atoms with van der Waals surface area (Å²) in [4.78, 5) is 8.36. The summed E-state index contributed by atoms with van der Waals surface area (Å²) >= 11 is 0. The van der Waals surface area contributed by atoms with E-state index in [2.05, 4.69) is 46.9 Å². The van der Waals surface area contributed by atoms with Gasteiger partial charge >= 0.3 is 0 Å². The number of hydrogen-bond donors (Lipinski definition) is 2. The van der Waals surface area contributed by atoms with E-state index in [-0.39, 0.29) is 0 Å². The molecule has 0 radical (unpaired) electrons. The molecule has 0 saturated carbocycles. The predicted octanol–water partition coefficient (Wildman–Crippen LogP) is 2.60. The van der Waals surface area contributed by atoms with Crippen LogP contribution in [-0.2, 0) is 6.42 Å². The summed E-state index contributed by atoms with van der Waals surface area (Å²) < 4.78 is 0. The minimum absolute atomic E-state index is 0.454. The fraction of sp³-hybridized carbons (Fsp3) is 0.412. The van der Waals surface area contributed by atoms with Crippen LogP contribution in [0, 0.1) is 5.41 Å². The van der Waals surface area contributed by atoms with E-state index in [0.29, 0.717) is 5.84 Å². The van der Waals surface area contributed by atoms with Crippen LogP contribution < -0.4 is 10.2 Å². The Morgan fingerprint density at radius 2 is 2.09 bits per heavy atom. The van der Waals surface area contributed by atoms with E-state index in [1.54, 1.807) is 6.21 Å². The molecule has 1 fully saturated rings. The van der Waals surface area contributed by atoms with Crippen LogP contribution in [0.2, 0.25) is 0 Å². The lowest BCUT2D eigenvalue weighted by Gasteiger charge is -2.37. The number of anilines is 2. The van der Waals surface area contributed by atoms with Crippen molar-refractivity contribution in [2.45, 2.75) is 13.3 Å². The Bertz CT molecular complexity index is 556. The second-order valence-electron chi connectivity index (χ2n) is 5.28. The second kappa shape index (κ2) is 7.64. The highest BCUT2D eigenvalue weighted by molar-refractivity contribution is 6.27. The summed E-state index contributed by atoms with van der Waals surface area (Å²) in [6, 6.07) is 6.60. The van der Waals surface area contributed by atoms with Crippen molar-refractivity contribution in [3.05, 3.63) is 36.5 Å². The Balaban J connectivity index is 2.06. The Kier molecular flexibility index (Phi) is 5.58. The first-order valence-electron chi connectivity index (χ1n) is 7.72. The molecule has 5 nitrogen and oxygen atoms in total. The number of amidine groups is 1. The van der Waals surface area contributed by atoms with Gasteiger partial charge in [-0.15, -0.1) is 0 Å². The Morgan fingerprint density at radius 1 is 1.36 bits per heavy atom. The molecule has 0 bridgehead atoms. The van der Waals surface area contributed by atoms with Crippen LogP contribution in [0.5, 0.6) is 0 Å². The molecule has 0 unspecified atom stereocenters. The summed E-state index contributed by atoms with van der Waals surface area (Å²) in [7, 11) is 1.96. The predicted molar refractivity (Wildman–Crippen MR) is 95.6 cm³/mol. The highest BCUT2D eigenvalue weighted by Crippen LogP contribution is 2.28. The minimum atomic E-state index is 0.454. The van der Waals surface area contributed by atoms with Crippen molar-refractivity contribution < 1.29 is 0 Å².